The Bertz CT molecular complexity index is 925. The van der Waals surface area contributed by atoms with Crippen molar-refractivity contribution in [2.75, 3.05) is 5.73 Å². The van der Waals surface area contributed by atoms with Crippen molar-refractivity contribution in [1.29, 1.82) is 0 Å². The lowest BCUT2D eigenvalue weighted by Crippen LogP contribution is -1.88. The Kier molecular flexibility index (Phi) is 2.90. The van der Waals surface area contributed by atoms with Gasteiger partial charge in [0, 0.05) is 10.9 Å². The van der Waals surface area contributed by atoms with Crippen molar-refractivity contribution in [3.63, 3.8) is 0 Å². The van der Waals surface area contributed by atoms with E-state index in [0.717, 1.165) is 27.9 Å². The third kappa shape index (κ3) is 2.04. The highest BCUT2D eigenvalue weighted by atomic mass is 14.9. The summed E-state index contributed by atoms with van der Waals surface area (Å²) in [5.74, 6) is 0.521. The van der Waals surface area contributed by atoms with Crippen molar-refractivity contribution in [3.8, 4) is 22.4 Å². The van der Waals surface area contributed by atoms with E-state index in [1.54, 1.807) is 0 Å². The molecule has 0 atom stereocenters. The maximum Gasteiger partial charge on any atom is 0.140 e. The van der Waals surface area contributed by atoms with Crippen LogP contribution in [0.2, 0.25) is 0 Å². The second-order valence-electron chi connectivity index (χ2n) is 5.24. The van der Waals surface area contributed by atoms with Crippen molar-refractivity contribution in [2.45, 2.75) is 0 Å². The zero-order chi connectivity index (χ0) is 14.9. The number of nitrogens with one attached hydrogen (secondary N) is 1. The minimum absolute atomic E-state index is 0.521. The summed E-state index contributed by atoms with van der Waals surface area (Å²) in [5, 5.41) is 1.08. The molecule has 0 aliphatic heterocycles. The summed E-state index contributed by atoms with van der Waals surface area (Å²) < 4.78 is 0. The van der Waals surface area contributed by atoms with Crippen molar-refractivity contribution < 1.29 is 0 Å². The van der Waals surface area contributed by atoms with Crippen LogP contribution in [0.3, 0.4) is 0 Å². The number of hydrogen-bond acceptors (Lipinski definition) is 2. The fourth-order valence-corrected chi connectivity index (χ4v) is 2.81. The molecule has 3 N–H and O–H groups in total. The van der Waals surface area contributed by atoms with Crippen molar-refractivity contribution in [1.82, 2.24) is 9.97 Å². The van der Waals surface area contributed by atoms with E-state index >= 15 is 0 Å². The first-order valence-electron chi connectivity index (χ1n) is 7.22. The van der Waals surface area contributed by atoms with Crippen molar-refractivity contribution in [3.05, 3.63) is 72.8 Å². The zero-order valence-corrected chi connectivity index (χ0v) is 12.0. The van der Waals surface area contributed by atoms with E-state index in [4.69, 9.17) is 5.73 Å². The monoisotopic (exact) mass is 285 g/mol. The smallest absolute Gasteiger partial charge is 0.140 e. The van der Waals surface area contributed by atoms with Crippen molar-refractivity contribution in [2.24, 2.45) is 0 Å². The molecule has 0 aliphatic rings. The van der Waals surface area contributed by atoms with E-state index in [1.165, 1.54) is 5.56 Å². The molecule has 0 saturated carbocycles. The number of nitrogens with zero attached hydrogens (tertiary/aromatic N) is 1. The molecule has 2 aromatic heterocycles. The molecular weight excluding hydrogens is 270 g/mol. The molecule has 4 rings (SSSR count). The Balaban J connectivity index is 2.07. The fraction of sp³-hybridized carbons (Fsp3) is 0. The second kappa shape index (κ2) is 5.04. The number of fused-ring (bicyclic) bond motifs is 1. The van der Waals surface area contributed by atoms with E-state index in [0.29, 0.717) is 5.82 Å². The van der Waals surface area contributed by atoms with Gasteiger partial charge in [-0.1, -0.05) is 60.7 Å². The average molecular weight is 285 g/mol. The van der Waals surface area contributed by atoms with Gasteiger partial charge < -0.3 is 10.7 Å². The van der Waals surface area contributed by atoms with Crippen LogP contribution in [0.1, 0.15) is 0 Å². The lowest BCUT2D eigenvalue weighted by Gasteiger charge is -2.05. The SMILES string of the molecule is Nc1ccc2c(-c3ccccc3)c(-c3ccccc3)[nH]c2n1. The molecule has 0 radical (unpaired) electrons. The Labute approximate surface area is 128 Å². The summed E-state index contributed by atoms with van der Waals surface area (Å²) in [6.45, 7) is 0. The number of anilines is 1. The molecule has 22 heavy (non-hydrogen) atoms. The Morgan fingerprint density at radius 3 is 2.05 bits per heavy atom. The number of rotatable bonds is 2. The average Bonchev–Trinajstić information content (AvgIpc) is 2.95. The fourth-order valence-electron chi connectivity index (χ4n) is 2.81. The van der Waals surface area contributed by atoms with E-state index < -0.39 is 0 Å². The predicted molar refractivity (Wildman–Crippen MR) is 91.4 cm³/mol. The quantitative estimate of drug-likeness (QED) is 0.570. The Morgan fingerprint density at radius 1 is 0.727 bits per heavy atom. The molecule has 4 aromatic rings. The number of nitrogens with two attached hydrogens (primary N) is 1. The van der Waals surface area contributed by atoms with Crippen LogP contribution in [-0.4, -0.2) is 9.97 Å². The van der Waals surface area contributed by atoms with Crippen LogP contribution in [0.5, 0.6) is 0 Å². The summed E-state index contributed by atoms with van der Waals surface area (Å²) in [6.07, 6.45) is 0. The number of H-pyrrole nitrogens is 1. The van der Waals surface area contributed by atoms with Crippen LogP contribution in [0.4, 0.5) is 5.82 Å². The number of pyridine rings is 1. The maximum atomic E-state index is 5.83. The molecule has 0 fully saturated rings. The summed E-state index contributed by atoms with van der Waals surface area (Å²) >= 11 is 0. The third-order valence-electron chi connectivity index (χ3n) is 3.80. The Morgan fingerprint density at radius 2 is 1.36 bits per heavy atom. The molecule has 0 spiro atoms. The minimum atomic E-state index is 0.521. The van der Waals surface area contributed by atoms with E-state index in [9.17, 15) is 0 Å². The minimum Gasteiger partial charge on any atom is -0.384 e. The summed E-state index contributed by atoms with van der Waals surface area (Å²) in [4.78, 5) is 7.86. The first-order valence-corrected chi connectivity index (χ1v) is 7.22. The normalized spacial score (nSPS) is 10.9. The standard InChI is InChI=1S/C19H15N3/c20-16-12-11-15-17(13-7-3-1-4-8-13)18(22-19(15)21-16)14-9-5-2-6-10-14/h1-12H,(H3,20,21,22). The number of nitrogen functional groups attached to an aromatic ring is 1. The molecule has 0 unspecified atom stereocenters. The highest BCUT2D eigenvalue weighted by molar-refractivity contribution is 6.02. The summed E-state index contributed by atoms with van der Waals surface area (Å²) in [5.41, 5.74) is 11.2. The van der Waals surface area contributed by atoms with E-state index in [2.05, 4.69) is 34.2 Å². The van der Waals surface area contributed by atoms with Gasteiger partial charge in [-0.15, -0.1) is 0 Å². The van der Waals surface area contributed by atoms with Gasteiger partial charge in [-0.2, -0.15) is 0 Å². The predicted octanol–water partition coefficient (Wildman–Crippen LogP) is 4.48. The van der Waals surface area contributed by atoms with Crippen LogP contribution >= 0.6 is 0 Å². The van der Waals surface area contributed by atoms with E-state index in [-0.39, 0.29) is 0 Å². The number of aromatic amines is 1. The lowest BCUT2D eigenvalue weighted by atomic mass is 9.99. The number of aromatic nitrogens is 2. The second-order valence-corrected chi connectivity index (χ2v) is 5.24. The van der Waals surface area contributed by atoms with Gasteiger partial charge in [-0.05, 0) is 23.3 Å². The van der Waals surface area contributed by atoms with Gasteiger partial charge in [0.1, 0.15) is 11.5 Å². The molecule has 3 heteroatoms. The molecule has 2 aromatic carbocycles. The maximum absolute atomic E-state index is 5.83. The van der Waals surface area contributed by atoms with Gasteiger partial charge in [0.15, 0.2) is 0 Å². The van der Waals surface area contributed by atoms with Crippen LogP contribution < -0.4 is 5.73 Å². The summed E-state index contributed by atoms with van der Waals surface area (Å²) in [7, 11) is 0. The van der Waals surface area contributed by atoms with Gasteiger partial charge in [-0.3, -0.25) is 0 Å². The first kappa shape index (κ1) is 12.7. The summed E-state index contributed by atoms with van der Waals surface area (Å²) in [6, 6.07) is 24.5. The van der Waals surface area contributed by atoms with Crippen LogP contribution in [0.25, 0.3) is 33.4 Å². The van der Waals surface area contributed by atoms with Gasteiger partial charge >= 0.3 is 0 Å². The van der Waals surface area contributed by atoms with Gasteiger partial charge in [0.05, 0.1) is 5.69 Å². The van der Waals surface area contributed by atoms with Gasteiger partial charge in [0.25, 0.3) is 0 Å². The Hall–Kier alpha value is -3.07. The molecular formula is C19H15N3. The van der Waals surface area contributed by atoms with Crippen LogP contribution in [0, 0.1) is 0 Å². The lowest BCUT2D eigenvalue weighted by molar-refractivity contribution is 1.33. The third-order valence-corrected chi connectivity index (χ3v) is 3.80. The largest absolute Gasteiger partial charge is 0.384 e. The topological polar surface area (TPSA) is 54.7 Å². The molecule has 106 valence electrons. The van der Waals surface area contributed by atoms with Gasteiger partial charge in [0.2, 0.25) is 0 Å². The van der Waals surface area contributed by atoms with Crippen LogP contribution in [-0.2, 0) is 0 Å². The van der Waals surface area contributed by atoms with Crippen LogP contribution in [0.15, 0.2) is 72.8 Å². The molecule has 3 nitrogen and oxygen atoms in total. The number of benzene rings is 2. The molecule has 2 heterocycles. The highest BCUT2D eigenvalue weighted by Gasteiger charge is 2.15. The van der Waals surface area contributed by atoms with Crippen molar-refractivity contribution >= 4 is 16.9 Å². The first-order chi connectivity index (χ1) is 10.8. The van der Waals surface area contributed by atoms with Gasteiger partial charge in [-0.25, -0.2) is 4.98 Å². The zero-order valence-electron chi connectivity index (χ0n) is 12.0. The molecule has 0 bridgehead atoms. The highest BCUT2D eigenvalue weighted by Crippen LogP contribution is 2.37. The molecule has 0 aliphatic carbocycles. The number of hydrogen-bond donors (Lipinski definition) is 2. The molecule has 0 amide bonds. The molecule has 0 saturated heterocycles. The van der Waals surface area contributed by atoms with E-state index in [1.807, 2.05) is 48.5 Å².